The molecule has 1 aliphatic heterocycles. The smallest absolute Gasteiger partial charge is 0.416 e. The minimum Gasteiger partial charge on any atom is -0.454 e. The molecule has 0 saturated carbocycles. The van der Waals surface area contributed by atoms with E-state index in [1.165, 1.54) is 28.8 Å². The number of piperazine rings is 1. The van der Waals surface area contributed by atoms with E-state index in [2.05, 4.69) is 20.1 Å². The van der Waals surface area contributed by atoms with Crippen LogP contribution in [0.5, 0.6) is 0 Å². The van der Waals surface area contributed by atoms with Gasteiger partial charge >= 0.3 is 12.1 Å². The topological polar surface area (TPSA) is 144 Å². The Balaban J connectivity index is 1.17. The minimum atomic E-state index is -4.51. The molecule has 0 bridgehead atoms. The van der Waals surface area contributed by atoms with Crippen molar-refractivity contribution in [2.45, 2.75) is 32.2 Å². The molecule has 1 aliphatic rings. The lowest BCUT2D eigenvalue weighted by atomic mass is 10.1. The number of carbonyl (C=O) groups excluding carboxylic acids is 1. The van der Waals surface area contributed by atoms with Crippen molar-refractivity contribution in [3.05, 3.63) is 87.2 Å². The van der Waals surface area contributed by atoms with E-state index in [0.29, 0.717) is 39.4 Å². The second-order valence-electron chi connectivity index (χ2n) is 11.5. The van der Waals surface area contributed by atoms with E-state index in [1.54, 1.807) is 43.5 Å². The molecule has 13 nitrogen and oxygen atoms in total. The summed E-state index contributed by atoms with van der Waals surface area (Å²) in [6, 6.07) is 11.7. The fourth-order valence-corrected chi connectivity index (χ4v) is 7.45. The molecular weight excluding hydrogens is 686 g/mol. The van der Waals surface area contributed by atoms with Crippen LogP contribution in [0.1, 0.15) is 35.1 Å². The van der Waals surface area contributed by atoms with Crippen LogP contribution in [0, 0.1) is 0 Å². The maximum Gasteiger partial charge on any atom is 0.416 e. The third kappa shape index (κ3) is 7.26. The molecule has 18 heteroatoms. The highest BCUT2D eigenvalue weighted by molar-refractivity contribution is 7.86. The zero-order chi connectivity index (χ0) is 35.1. The van der Waals surface area contributed by atoms with Crippen LogP contribution in [0.2, 0.25) is 0 Å². The van der Waals surface area contributed by atoms with Crippen LogP contribution in [0.25, 0.3) is 21.0 Å². The zero-order valence-electron chi connectivity index (χ0n) is 26.6. The average Bonchev–Trinajstić information content (AvgIpc) is 3.48. The van der Waals surface area contributed by atoms with Gasteiger partial charge in [0.25, 0.3) is 15.8 Å². The number of fused-ring (bicyclic) bond motifs is 2. The molecule has 0 N–H and O–H groups in total. The molecule has 6 rings (SSSR count). The molecule has 0 unspecified atom stereocenters. The summed E-state index contributed by atoms with van der Waals surface area (Å²) in [5.41, 5.74) is -0.830. The van der Waals surface area contributed by atoms with Crippen molar-refractivity contribution in [2.75, 3.05) is 45.2 Å². The first-order valence-corrected chi connectivity index (χ1v) is 17.3. The highest BCUT2D eigenvalue weighted by Gasteiger charge is 2.31. The van der Waals surface area contributed by atoms with Gasteiger partial charge in [0.1, 0.15) is 10.8 Å². The van der Waals surface area contributed by atoms with Gasteiger partial charge in [0, 0.05) is 51.9 Å². The van der Waals surface area contributed by atoms with Gasteiger partial charge < -0.3 is 9.64 Å². The molecule has 2 aromatic carbocycles. The number of halogens is 3. The highest BCUT2D eigenvalue weighted by Crippen LogP contribution is 2.33. The Bertz CT molecular complexity index is 2200. The second-order valence-corrected chi connectivity index (χ2v) is 14.8. The fraction of sp³-hybridized carbons (Fsp3) is 0.355. The molecule has 1 fully saturated rings. The van der Waals surface area contributed by atoms with E-state index in [0.717, 1.165) is 28.2 Å². The number of hydrogen-bond donors (Lipinski definition) is 0. The maximum absolute atomic E-state index is 13.4. The SMILES string of the molecule is C[C@@H](OC(=O)Cc1nn(Cc2nc3cc(C(F)(F)F)ccc3s2)c(=O)c2ccccc12)c1nccc(N2CCN(S(=O)(=O)N(C)C)CC2)n1. The van der Waals surface area contributed by atoms with Crippen molar-refractivity contribution in [1.29, 1.82) is 0 Å². The Morgan fingerprint density at radius 2 is 1.76 bits per heavy atom. The molecular formula is C31H31F3N8O5S2. The lowest BCUT2D eigenvalue weighted by Gasteiger charge is -2.35. The summed E-state index contributed by atoms with van der Waals surface area (Å²) in [6.07, 6.45) is -4.10. The van der Waals surface area contributed by atoms with E-state index in [1.807, 2.05) is 4.90 Å². The predicted molar refractivity (Wildman–Crippen MR) is 176 cm³/mol. The van der Waals surface area contributed by atoms with Crippen LogP contribution in [0.3, 0.4) is 0 Å². The van der Waals surface area contributed by atoms with Gasteiger partial charge in [0.2, 0.25) is 0 Å². The number of nitrogens with zero attached hydrogens (tertiary/aromatic N) is 8. The van der Waals surface area contributed by atoms with Gasteiger partial charge in [-0.1, -0.05) is 18.2 Å². The van der Waals surface area contributed by atoms with Gasteiger partial charge in [-0.3, -0.25) is 9.59 Å². The summed E-state index contributed by atoms with van der Waals surface area (Å²) < 4.78 is 74.5. The lowest BCUT2D eigenvalue weighted by Crippen LogP contribution is -2.51. The summed E-state index contributed by atoms with van der Waals surface area (Å²) in [6.45, 7) is 2.91. The molecule has 3 aromatic heterocycles. The van der Waals surface area contributed by atoms with Crippen LogP contribution < -0.4 is 10.5 Å². The van der Waals surface area contributed by atoms with Gasteiger partial charge in [-0.05, 0) is 37.3 Å². The van der Waals surface area contributed by atoms with Crippen molar-refractivity contribution < 1.29 is 31.1 Å². The normalized spacial score (nSPS) is 15.3. The van der Waals surface area contributed by atoms with Crippen molar-refractivity contribution in [3.8, 4) is 0 Å². The van der Waals surface area contributed by atoms with Gasteiger partial charge in [-0.15, -0.1) is 11.3 Å². The number of aromatic nitrogens is 5. The number of hydrogen-bond acceptors (Lipinski definition) is 11. The van der Waals surface area contributed by atoms with Crippen LogP contribution in [0.15, 0.2) is 59.5 Å². The zero-order valence-corrected chi connectivity index (χ0v) is 28.2. The first-order valence-electron chi connectivity index (χ1n) is 15.1. The molecule has 4 heterocycles. The number of esters is 1. The first kappa shape index (κ1) is 34.3. The fourth-order valence-electron chi connectivity index (χ4n) is 5.43. The molecule has 0 amide bonds. The van der Waals surface area contributed by atoms with Crippen LogP contribution in [0.4, 0.5) is 19.0 Å². The van der Waals surface area contributed by atoms with Crippen LogP contribution in [-0.4, -0.2) is 88.0 Å². The molecule has 0 radical (unpaired) electrons. The standard InChI is InChI=1S/C31H31F3N8O5S2/c1-19(29-35-11-10-26(37-29)40-12-14-41(15-13-40)49(45,46)39(2)3)47-28(43)17-23-21-6-4-5-7-22(21)30(44)42(38-23)18-27-36-24-16-20(31(32,33)34)8-9-25(24)48-27/h4-11,16,19H,12-15,17-18H2,1-3H3/t19-/m1/s1. The summed E-state index contributed by atoms with van der Waals surface area (Å²) in [5.74, 6) is 0.173. The molecule has 1 saturated heterocycles. The Morgan fingerprint density at radius 3 is 2.45 bits per heavy atom. The van der Waals surface area contributed by atoms with Crippen molar-refractivity contribution in [1.82, 2.24) is 33.3 Å². The van der Waals surface area contributed by atoms with E-state index >= 15 is 0 Å². The molecule has 0 aliphatic carbocycles. The highest BCUT2D eigenvalue weighted by atomic mass is 32.2. The Labute approximate surface area is 282 Å². The van der Waals surface area contributed by atoms with Crippen molar-refractivity contribution >= 4 is 54.3 Å². The molecule has 0 spiro atoms. The monoisotopic (exact) mass is 716 g/mol. The number of anilines is 1. The average molecular weight is 717 g/mol. The second kappa shape index (κ2) is 13.4. The van der Waals surface area contributed by atoms with E-state index in [-0.39, 0.29) is 43.1 Å². The van der Waals surface area contributed by atoms with Gasteiger partial charge in [-0.2, -0.15) is 35.3 Å². The Kier molecular flexibility index (Phi) is 9.40. The van der Waals surface area contributed by atoms with E-state index in [4.69, 9.17) is 4.74 Å². The number of thiazole rings is 1. The first-order chi connectivity index (χ1) is 23.2. The Morgan fingerprint density at radius 1 is 1.04 bits per heavy atom. The summed E-state index contributed by atoms with van der Waals surface area (Å²) in [4.78, 5) is 41.6. The number of rotatable bonds is 9. The number of benzene rings is 2. The van der Waals surface area contributed by atoms with E-state index < -0.39 is 39.6 Å². The molecule has 1 atom stereocenters. The third-order valence-electron chi connectivity index (χ3n) is 7.98. The molecule has 49 heavy (non-hydrogen) atoms. The summed E-state index contributed by atoms with van der Waals surface area (Å²) in [5, 5.41) is 5.60. The quantitative estimate of drug-likeness (QED) is 0.208. The van der Waals surface area contributed by atoms with Gasteiger partial charge in [0.15, 0.2) is 11.9 Å². The van der Waals surface area contributed by atoms with Crippen molar-refractivity contribution in [3.63, 3.8) is 0 Å². The van der Waals surface area contributed by atoms with E-state index in [9.17, 15) is 31.2 Å². The Hall–Kier alpha value is -4.52. The van der Waals surface area contributed by atoms with Gasteiger partial charge in [0.05, 0.1) is 39.8 Å². The molecule has 258 valence electrons. The molecule has 5 aromatic rings. The largest absolute Gasteiger partial charge is 0.454 e. The van der Waals surface area contributed by atoms with Crippen molar-refractivity contribution in [2.24, 2.45) is 0 Å². The predicted octanol–water partition coefficient (Wildman–Crippen LogP) is 3.64. The number of ether oxygens (including phenoxy) is 1. The summed E-state index contributed by atoms with van der Waals surface area (Å²) >= 11 is 1.15. The van der Waals surface area contributed by atoms with Gasteiger partial charge in [-0.25, -0.2) is 19.6 Å². The lowest BCUT2D eigenvalue weighted by molar-refractivity contribution is -0.148. The number of carbonyl (C=O) groups is 1. The third-order valence-corrected chi connectivity index (χ3v) is 10.9. The van der Waals surface area contributed by atoms with Crippen LogP contribution in [-0.2, 0) is 38.9 Å². The number of alkyl halides is 3. The maximum atomic E-state index is 13.4. The summed E-state index contributed by atoms with van der Waals surface area (Å²) in [7, 11) is -0.549. The van der Waals surface area contributed by atoms with Crippen LogP contribution >= 0.6 is 11.3 Å². The minimum absolute atomic E-state index is 0.112.